The Bertz CT molecular complexity index is 547. The predicted octanol–water partition coefficient (Wildman–Crippen LogP) is 1.48. The number of nitrogens with one attached hydrogen (secondary N) is 2. The maximum atomic E-state index is 11.9. The van der Waals surface area contributed by atoms with E-state index in [4.69, 9.17) is 10.8 Å². The highest BCUT2D eigenvalue weighted by atomic mass is 16.4. The first-order valence-electron chi connectivity index (χ1n) is 6.87. The Morgan fingerprint density at radius 3 is 2.62 bits per heavy atom. The molecule has 1 saturated carbocycles. The number of urea groups is 1. The number of phenols is 1. The van der Waals surface area contributed by atoms with Gasteiger partial charge in [0.1, 0.15) is 11.3 Å². The van der Waals surface area contributed by atoms with E-state index in [1.807, 2.05) is 0 Å². The van der Waals surface area contributed by atoms with Crippen molar-refractivity contribution in [2.24, 2.45) is 5.73 Å². The molecule has 1 aliphatic rings. The maximum absolute atomic E-state index is 11.9. The average Bonchev–Trinajstić information content (AvgIpc) is 2.43. The third-order valence-corrected chi connectivity index (χ3v) is 3.62. The molecule has 0 spiro atoms. The van der Waals surface area contributed by atoms with Crippen LogP contribution in [0.15, 0.2) is 18.2 Å². The SMILES string of the molecule is NC1CCCCC1NC(=O)Nc1ccc(O)c(C(=O)O)c1. The predicted molar refractivity (Wildman–Crippen MR) is 77.5 cm³/mol. The van der Waals surface area contributed by atoms with Gasteiger partial charge in [0.05, 0.1) is 0 Å². The van der Waals surface area contributed by atoms with Gasteiger partial charge < -0.3 is 26.6 Å². The number of hydrogen-bond donors (Lipinski definition) is 5. The van der Waals surface area contributed by atoms with E-state index in [2.05, 4.69) is 10.6 Å². The number of carboxylic acid groups (broad SMARTS) is 1. The van der Waals surface area contributed by atoms with Gasteiger partial charge >= 0.3 is 12.0 Å². The van der Waals surface area contributed by atoms with Gasteiger partial charge in [-0.2, -0.15) is 0 Å². The van der Waals surface area contributed by atoms with Crippen LogP contribution in [0.25, 0.3) is 0 Å². The Morgan fingerprint density at radius 1 is 1.24 bits per heavy atom. The monoisotopic (exact) mass is 293 g/mol. The van der Waals surface area contributed by atoms with Gasteiger partial charge in [0.15, 0.2) is 0 Å². The zero-order valence-electron chi connectivity index (χ0n) is 11.5. The quantitative estimate of drug-likeness (QED) is 0.540. The number of carboxylic acids is 1. The van der Waals surface area contributed by atoms with Crippen LogP contribution in [0, 0.1) is 0 Å². The minimum absolute atomic E-state index is 0.0566. The molecule has 1 aromatic rings. The topological polar surface area (TPSA) is 125 Å². The molecule has 1 aromatic carbocycles. The van der Waals surface area contributed by atoms with E-state index >= 15 is 0 Å². The molecule has 114 valence electrons. The summed E-state index contributed by atoms with van der Waals surface area (Å²) in [6.07, 6.45) is 3.82. The van der Waals surface area contributed by atoms with Gasteiger partial charge in [-0.25, -0.2) is 9.59 Å². The van der Waals surface area contributed by atoms with Crippen LogP contribution in [-0.4, -0.2) is 34.3 Å². The Kier molecular flexibility index (Phi) is 4.64. The molecule has 0 saturated heterocycles. The lowest BCUT2D eigenvalue weighted by Gasteiger charge is -2.29. The van der Waals surface area contributed by atoms with Crippen LogP contribution >= 0.6 is 0 Å². The molecule has 2 amide bonds. The second-order valence-corrected chi connectivity index (χ2v) is 5.19. The van der Waals surface area contributed by atoms with Crippen molar-refractivity contribution in [1.82, 2.24) is 5.32 Å². The smallest absolute Gasteiger partial charge is 0.339 e. The third-order valence-electron chi connectivity index (χ3n) is 3.62. The Hall–Kier alpha value is -2.28. The maximum Gasteiger partial charge on any atom is 0.339 e. The van der Waals surface area contributed by atoms with Gasteiger partial charge in [-0.05, 0) is 31.0 Å². The second-order valence-electron chi connectivity index (χ2n) is 5.19. The van der Waals surface area contributed by atoms with Gasteiger partial charge in [0.2, 0.25) is 0 Å². The third kappa shape index (κ3) is 3.85. The number of rotatable bonds is 3. The normalized spacial score (nSPS) is 21.6. The molecule has 0 aromatic heterocycles. The van der Waals surface area contributed by atoms with Crippen LogP contribution in [-0.2, 0) is 0 Å². The van der Waals surface area contributed by atoms with Crippen LogP contribution in [0.4, 0.5) is 10.5 Å². The van der Waals surface area contributed by atoms with Gasteiger partial charge in [-0.3, -0.25) is 0 Å². The van der Waals surface area contributed by atoms with Crippen LogP contribution in [0.5, 0.6) is 5.75 Å². The van der Waals surface area contributed by atoms with Gasteiger partial charge in [0.25, 0.3) is 0 Å². The molecule has 0 bridgehead atoms. The van der Waals surface area contributed by atoms with Crippen molar-refractivity contribution in [2.45, 2.75) is 37.8 Å². The minimum Gasteiger partial charge on any atom is -0.507 e. The number of benzene rings is 1. The number of anilines is 1. The number of carbonyl (C=O) groups excluding carboxylic acids is 1. The van der Waals surface area contributed by atoms with Gasteiger partial charge in [0, 0.05) is 17.8 Å². The van der Waals surface area contributed by atoms with Crippen LogP contribution in [0.1, 0.15) is 36.0 Å². The van der Waals surface area contributed by atoms with Crippen molar-refractivity contribution in [2.75, 3.05) is 5.32 Å². The molecule has 21 heavy (non-hydrogen) atoms. The summed E-state index contributed by atoms with van der Waals surface area (Å²) in [5, 5.41) is 23.7. The van der Waals surface area contributed by atoms with E-state index in [0.717, 1.165) is 25.7 Å². The average molecular weight is 293 g/mol. The fraction of sp³-hybridized carbons (Fsp3) is 0.429. The van der Waals surface area contributed by atoms with Crippen molar-refractivity contribution in [3.63, 3.8) is 0 Å². The molecule has 0 heterocycles. The summed E-state index contributed by atoms with van der Waals surface area (Å²) in [6, 6.07) is 3.30. The van der Waals surface area contributed by atoms with Crippen molar-refractivity contribution in [3.8, 4) is 5.75 Å². The Morgan fingerprint density at radius 2 is 1.95 bits per heavy atom. The number of amides is 2. The van der Waals surface area contributed by atoms with Crippen molar-refractivity contribution >= 4 is 17.7 Å². The molecule has 0 radical (unpaired) electrons. The Labute approximate surface area is 122 Å². The lowest BCUT2D eigenvalue weighted by molar-refractivity contribution is 0.0693. The summed E-state index contributed by atoms with van der Waals surface area (Å²) in [5.74, 6) is -1.60. The van der Waals surface area contributed by atoms with Crippen LogP contribution in [0.2, 0.25) is 0 Å². The first-order valence-corrected chi connectivity index (χ1v) is 6.87. The van der Waals surface area contributed by atoms with E-state index in [0.29, 0.717) is 5.69 Å². The first-order chi connectivity index (χ1) is 9.97. The van der Waals surface area contributed by atoms with Crippen molar-refractivity contribution < 1.29 is 19.8 Å². The van der Waals surface area contributed by atoms with Crippen molar-refractivity contribution in [3.05, 3.63) is 23.8 Å². The fourth-order valence-electron chi connectivity index (χ4n) is 2.46. The van der Waals surface area contributed by atoms with Gasteiger partial charge in [-0.1, -0.05) is 12.8 Å². The van der Waals surface area contributed by atoms with E-state index < -0.39 is 12.0 Å². The zero-order chi connectivity index (χ0) is 15.4. The van der Waals surface area contributed by atoms with Crippen LogP contribution in [0.3, 0.4) is 0 Å². The fourth-order valence-corrected chi connectivity index (χ4v) is 2.46. The largest absolute Gasteiger partial charge is 0.507 e. The summed E-state index contributed by atoms with van der Waals surface area (Å²) in [5.41, 5.74) is 5.99. The molecule has 1 fully saturated rings. The number of nitrogens with two attached hydrogens (primary N) is 1. The van der Waals surface area contributed by atoms with E-state index in [1.54, 1.807) is 0 Å². The van der Waals surface area contributed by atoms with E-state index in [-0.39, 0.29) is 23.4 Å². The summed E-state index contributed by atoms with van der Waals surface area (Å²) in [6.45, 7) is 0. The molecular formula is C14H19N3O4. The summed E-state index contributed by atoms with van der Waals surface area (Å²) in [4.78, 5) is 22.8. The molecule has 7 heteroatoms. The lowest BCUT2D eigenvalue weighted by Crippen LogP contribution is -2.50. The number of hydrogen-bond acceptors (Lipinski definition) is 4. The van der Waals surface area contributed by atoms with Crippen LogP contribution < -0.4 is 16.4 Å². The summed E-state index contributed by atoms with van der Waals surface area (Å²) < 4.78 is 0. The number of carbonyl (C=O) groups is 2. The Balaban J connectivity index is 1.99. The molecule has 2 unspecified atom stereocenters. The molecule has 1 aliphatic carbocycles. The molecule has 0 aliphatic heterocycles. The van der Waals surface area contributed by atoms with E-state index in [9.17, 15) is 14.7 Å². The first kappa shape index (κ1) is 15.1. The lowest BCUT2D eigenvalue weighted by atomic mass is 9.91. The zero-order valence-corrected chi connectivity index (χ0v) is 11.5. The highest BCUT2D eigenvalue weighted by molar-refractivity contribution is 5.95. The van der Waals surface area contributed by atoms with Crippen molar-refractivity contribution in [1.29, 1.82) is 0 Å². The standard InChI is InChI=1S/C14H19N3O4/c15-10-3-1-2-4-11(10)17-14(21)16-8-5-6-12(18)9(7-8)13(19)20/h5-7,10-11,18H,1-4,15H2,(H,19,20)(H2,16,17,21). The number of aromatic hydroxyl groups is 1. The minimum atomic E-state index is -1.26. The highest BCUT2D eigenvalue weighted by Gasteiger charge is 2.23. The molecule has 2 atom stereocenters. The summed E-state index contributed by atoms with van der Waals surface area (Å²) in [7, 11) is 0. The summed E-state index contributed by atoms with van der Waals surface area (Å²) >= 11 is 0. The van der Waals surface area contributed by atoms with E-state index in [1.165, 1.54) is 18.2 Å². The molecular weight excluding hydrogens is 274 g/mol. The molecule has 7 nitrogen and oxygen atoms in total. The molecule has 6 N–H and O–H groups in total. The second kappa shape index (κ2) is 6.45. The highest BCUT2D eigenvalue weighted by Crippen LogP contribution is 2.22. The van der Waals surface area contributed by atoms with Gasteiger partial charge in [-0.15, -0.1) is 0 Å². The molecule has 2 rings (SSSR count). The number of aromatic carboxylic acids is 1.